The molecule has 20 heavy (non-hydrogen) atoms. The summed E-state index contributed by atoms with van der Waals surface area (Å²) in [5, 5.41) is 0. The molecule has 2 rings (SSSR count). The number of aryl methyl sites for hydroxylation is 1. The van der Waals surface area contributed by atoms with Gasteiger partial charge in [0.25, 0.3) is 0 Å². The molecule has 2 aromatic rings. The lowest BCUT2D eigenvalue weighted by Crippen LogP contribution is -2.16. The highest BCUT2D eigenvalue weighted by Crippen LogP contribution is 2.35. The molecule has 0 aromatic heterocycles. The summed E-state index contributed by atoms with van der Waals surface area (Å²) < 4.78 is 24.6. The number of ether oxygens (including phenoxy) is 2. The van der Waals surface area contributed by atoms with Crippen molar-refractivity contribution in [3.05, 3.63) is 58.9 Å². The van der Waals surface area contributed by atoms with E-state index < -0.39 is 6.04 Å². The lowest BCUT2D eigenvalue weighted by Gasteiger charge is -2.19. The lowest BCUT2D eigenvalue weighted by atomic mass is 9.96. The third kappa shape index (κ3) is 2.60. The minimum atomic E-state index is -0.652. The Bertz CT molecular complexity index is 613. The zero-order valence-corrected chi connectivity index (χ0v) is 11.8. The first-order valence-electron chi connectivity index (χ1n) is 6.31. The van der Waals surface area contributed by atoms with Crippen LogP contribution in [-0.4, -0.2) is 14.2 Å². The van der Waals surface area contributed by atoms with Gasteiger partial charge in [-0.3, -0.25) is 0 Å². The second kappa shape index (κ2) is 5.92. The molecule has 0 spiro atoms. The smallest absolute Gasteiger partial charge is 0.132 e. The summed E-state index contributed by atoms with van der Waals surface area (Å²) in [7, 11) is 3.07. The van der Waals surface area contributed by atoms with Gasteiger partial charge in [0, 0.05) is 5.56 Å². The molecule has 3 nitrogen and oxygen atoms in total. The highest BCUT2D eigenvalue weighted by atomic mass is 19.1. The van der Waals surface area contributed by atoms with Crippen molar-refractivity contribution in [3.63, 3.8) is 0 Å². The Balaban J connectivity index is 2.57. The van der Waals surface area contributed by atoms with E-state index in [1.54, 1.807) is 19.2 Å². The predicted molar refractivity (Wildman–Crippen MR) is 76.7 cm³/mol. The average Bonchev–Trinajstić information content (AvgIpc) is 2.46. The van der Waals surface area contributed by atoms with Crippen LogP contribution < -0.4 is 15.2 Å². The molecule has 0 saturated carbocycles. The van der Waals surface area contributed by atoms with Gasteiger partial charge >= 0.3 is 0 Å². The molecule has 0 aliphatic carbocycles. The van der Waals surface area contributed by atoms with Gasteiger partial charge in [0.2, 0.25) is 0 Å². The molecular formula is C16H18FNO2. The molecule has 1 atom stereocenters. The molecule has 1 unspecified atom stereocenters. The van der Waals surface area contributed by atoms with Crippen LogP contribution in [0.2, 0.25) is 0 Å². The average molecular weight is 275 g/mol. The van der Waals surface area contributed by atoms with Crippen molar-refractivity contribution in [2.45, 2.75) is 13.0 Å². The predicted octanol–water partition coefficient (Wildman–Crippen LogP) is 3.20. The monoisotopic (exact) mass is 275 g/mol. The van der Waals surface area contributed by atoms with E-state index in [9.17, 15) is 4.39 Å². The topological polar surface area (TPSA) is 44.5 Å². The molecule has 0 saturated heterocycles. The first kappa shape index (κ1) is 14.3. The quantitative estimate of drug-likeness (QED) is 0.932. The Morgan fingerprint density at radius 1 is 1.05 bits per heavy atom. The standard InChI is InChI=1S/C16H18FNO2/c1-10-7-8-13(19-2)11(9-10)16(18)15-12(17)5-4-6-14(15)20-3/h4-9,16H,18H2,1-3H3. The van der Waals surface area contributed by atoms with E-state index in [0.717, 1.165) is 11.1 Å². The van der Waals surface area contributed by atoms with E-state index in [-0.39, 0.29) is 5.82 Å². The summed E-state index contributed by atoms with van der Waals surface area (Å²) in [4.78, 5) is 0. The highest BCUT2D eigenvalue weighted by Gasteiger charge is 2.21. The van der Waals surface area contributed by atoms with E-state index in [0.29, 0.717) is 17.1 Å². The molecule has 106 valence electrons. The molecule has 0 amide bonds. The Morgan fingerprint density at radius 3 is 2.40 bits per heavy atom. The fraction of sp³-hybridized carbons (Fsp3) is 0.250. The number of halogens is 1. The van der Waals surface area contributed by atoms with Crippen molar-refractivity contribution in [2.75, 3.05) is 14.2 Å². The van der Waals surface area contributed by atoms with Crippen LogP contribution in [0.3, 0.4) is 0 Å². The van der Waals surface area contributed by atoms with Crippen LogP contribution >= 0.6 is 0 Å². The van der Waals surface area contributed by atoms with Crippen LogP contribution in [0.15, 0.2) is 36.4 Å². The maximum absolute atomic E-state index is 14.1. The molecular weight excluding hydrogens is 257 g/mol. The van der Waals surface area contributed by atoms with Crippen LogP contribution in [0.1, 0.15) is 22.7 Å². The van der Waals surface area contributed by atoms with Gasteiger partial charge in [0.05, 0.1) is 25.8 Å². The lowest BCUT2D eigenvalue weighted by molar-refractivity contribution is 0.395. The first-order valence-corrected chi connectivity index (χ1v) is 6.31. The second-order valence-electron chi connectivity index (χ2n) is 4.58. The fourth-order valence-corrected chi connectivity index (χ4v) is 2.25. The van der Waals surface area contributed by atoms with E-state index in [2.05, 4.69) is 0 Å². The summed E-state index contributed by atoms with van der Waals surface area (Å²) in [6.07, 6.45) is 0. The molecule has 0 aliphatic heterocycles. The van der Waals surface area contributed by atoms with Crippen molar-refractivity contribution in [3.8, 4) is 11.5 Å². The van der Waals surface area contributed by atoms with Gasteiger partial charge in [-0.25, -0.2) is 4.39 Å². The van der Waals surface area contributed by atoms with Crippen LogP contribution in [-0.2, 0) is 0 Å². The SMILES string of the molecule is COc1ccc(C)cc1C(N)c1c(F)cccc1OC. The van der Waals surface area contributed by atoms with E-state index >= 15 is 0 Å². The molecule has 2 N–H and O–H groups in total. The van der Waals surface area contributed by atoms with Crippen molar-refractivity contribution < 1.29 is 13.9 Å². The summed E-state index contributed by atoms with van der Waals surface area (Å²) in [6.45, 7) is 1.95. The Labute approximate surface area is 118 Å². The molecule has 0 bridgehead atoms. The molecule has 0 aliphatic rings. The van der Waals surface area contributed by atoms with E-state index in [1.807, 2.05) is 25.1 Å². The zero-order chi connectivity index (χ0) is 14.7. The number of methoxy groups -OCH3 is 2. The molecule has 0 heterocycles. The summed E-state index contributed by atoms with van der Waals surface area (Å²) in [6, 6.07) is 9.67. The summed E-state index contributed by atoms with van der Waals surface area (Å²) in [5.74, 6) is 0.676. The van der Waals surface area contributed by atoms with Gasteiger partial charge < -0.3 is 15.2 Å². The zero-order valence-electron chi connectivity index (χ0n) is 11.8. The minimum absolute atomic E-state index is 0.332. The fourth-order valence-electron chi connectivity index (χ4n) is 2.25. The third-order valence-corrected chi connectivity index (χ3v) is 3.26. The number of rotatable bonds is 4. The van der Waals surface area contributed by atoms with Crippen molar-refractivity contribution >= 4 is 0 Å². The third-order valence-electron chi connectivity index (χ3n) is 3.26. The van der Waals surface area contributed by atoms with Crippen LogP contribution in [0.5, 0.6) is 11.5 Å². The Kier molecular flexibility index (Phi) is 4.25. The number of hydrogen-bond acceptors (Lipinski definition) is 3. The molecule has 0 radical (unpaired) electrons. The van der Waals surface area contributed by atoms with E-state index in [1.165, 1.54) is 13.2 Å². The highest BCUT2D eigenvalue weighted by molar-refractivity contribution is 5.48. The minimum Gasteiger partial charge on any atom is -0.496 e. The van der Waals surface area contributed by atoms with Gasteiger partial charge in [0.1, 0.15) is 17.3 Å². The molecule has 2 aromatic carbocycles. The Morgan fingerprint density at radius 2 is 1.75 bits per heavy atom. The normalized spacial score (nSPS) is 12.1. The summed E-state index contributed by atoms with van der Waals surface area (Å²) >= 11 is 0. The molecule has 4 heteroatoms. The molecule has 0 fully saturated rings. The largest absolute Gasteiger partial charge is 0.496 e. The van der Waals surface area contributed by atoms with Crippen molar-refractivity contribution in [2.24, 2.45) is 5.73 Å². The number of nitrogens with two attached hydrogens (primary N) is 1. The second-order valence-corrected chi connectivity index (χ2v) is 4.58. The first-order chi connectivity index (χ1) is 9.58. The van der Waals surface area contributed by atoms with Gasteiger partial charge in [-0.05, 0) is 25.1 Å². The number of benzene rings is 2. The van der Waals surface area contributed by atoms with Crippen LogP contribution in [0.4, 0.5) is 4.39 Å². The summed E-state index contributed by atoms with van der Waals surface area (Å²) in [5.41, 5.74) is 8.34. The Hall–Kier alpha value is -2.07. The van der Waals surface area contributed by atoms with Crippen LogP contribution in [0, 0.1) is 12.7 Å². The maximum Gasteiger partial charge on any atom is 0.132 e. The van der Waals surface area contributed by atoms with Gasteiger partial charge in [-0.15, -0.1) is 0 Å². The maximum atomic E-state index is 14.1. The van der Waals surface area contributed by atoms with Crippen molar-refractivity contribution in [1.29, 1.82) is 0 Å². The van der Waals surface area contributed by atoms with Crippen LogP contribution in [0.25, 0.3) is 0 Å². The van der Waals surface area contributed by atoms with Crippen molar-refractivity contribution in [1.82, 2.24) is 0 Å². The van der Waals surface area contributed by atoms with E-state index in [4.69, 9.17) is 15.2 Å². The van der Waals surface area contributed by atoms with Gasteiger partial charge in [-0.2, -0.15) is 0 Å². The van der Waals surface area contributed by atoms with Gasteiger partial charge in [-0.1, -0.05) is 23.8 Å². The van der Waals surface area contributed by atoms with Gasteiger partial charge in [0.15, 0.2) is 0 Å². The number of hydrogen-bond donors (Lipinski definition) is 1.